The summed E-state index contributed by atoms with van der Waals surface area (Å²) in [5.74, 6) is 1.26. The van der Waals surface area contributed by atoms with E-state index in [0.29, 0.717) is 36.2 Å². The molecule has 0 unspecified atom stereocenters. The van der Waals surface area contributed by atoms with Crippen LogP contribution < -0.4 is 5.32 Å². The molecule has 258 valence electrons. The highest BCUT2D eigenvalue weighted by molar-refractivity contribution is 5.73. The first-order valence-electron chi connectivity index (χ1n) is 18.6. The van der Waals surface area contributed by atoms with Gasteiger partial charge in [-0.1, -0.05) is 94.7 Å². The Labute approximate surface area is 276 Å². The fourth-order valence-electron chi connectivity index (χ4n) is 12.6. The van der Waals surface area contributed by atoms with Gasteiger partial charge in [0.1, 0.15) is 0 Å². The molecule has 4 fully saturated rings. The monoisotopic (exact) mass is 628 g/mol. The smallest absolute Gasteiger partial charge is 0.307 e. The maximum absolute atomic E-state index is 13.4. The van der Waals surface area contributed by atoms with Gasteiger partial charge in [-0.2, -0.15) is 0 Å². The van der Waals surface area contributed by atoms with Gasteiger partial charge in [0.15, 0.2) is 0 Å². The molecule has 0 radical (unpaired) electrons. The Morgan fingerprint density at radius 2 is 1.73 bits per heavy atom. The number of ether oxygens (including phenoxy) is 2. The Hall–Kier alpha value is -0.910. The largest absolute Gasteiger partial charge is 0.481 e. The standard InChI is InChI=1S/C40H69NO4/c1-14-41-39(13,34(6,7)8)23-45-32-26(4)21-40-24-44-22-36(32,10)30(40)16-15-28-29(40)17-18-38(12)31(33(42)43)35(9,27(5)25(2)3)19-20-37(28,38)11/h17,25-28,30-32,41H,14-16,18-24H2,1-13H3,(H,42,43)/t26-,27-,28+,30+,31-,32+,35-,36-,37-,38+,39+,40+/m1/s1. The molecule has 3 saturated carbocycles. The van der Waals surface area contributed by atoms with E-state index in [0.717, 1.165) is 51.9 Å². The Kier molecular flexibility index (Phi) is 8.91. The summed E-state index contributed by atoms with van der Waals surface area (Å²) in [7, 11) is 0. The SMILES string of the molecule is CCN[C@@](C)(CO[C@H]1[C@H](C)C[C@@]23COC[C@]1(C)[C@@H]2CC[C@H]1C3=CC[C@@]2(C)[C@H](C(=O)O)[C@@](C)([C@H](C)C(C)C)CC[C@]12C)C(C)(C)C. The molecule has 0 aromatic heterocycles. The topological polar surface area (TPSA) is 67.8 Å². The molecule has 5 heteroatoms. The predicted octanol–water partition coefficient (Wildman–Crippen LogP) is 9.01. The lowest BCUT2D eigenvalue weighted by Crippen LogP contribution is -2.69. The van der Waals surface area contributed by atoms with E-state index in [9.17, 15) is 9.90 Å². The summed E-state index contributed by atoms with van der Waals surface area (Å²) in [5, 5.41) is 14.7. The molecule has 5 nitrogen and oxygen atoms in total. The zero-order chi connectivity index (χ0) is 33.6. The van der Waals surface area contributed by atoms with Crippen LogP contribution >= 0.6 is 0 Å². The lowest BCUT2D eigenvalue weighted by atomic mass is 9.34. The van der Waals surface area contributed by atoms with Crippen molar-refractivity contribution in [3.05, 3.63) is 11.6 Å². The Morgan fingerprint density at radius 3 is 2.31 bits per heavy atom. The van der Waals surface area contributed by atoms with E-state index in [-0.39, 0.29) is 50.1 Å². The molecule has 5 aliphatic rings. The van der Waals surface area contributed by atoms with Crippen molar-refractivity contribution in [3.63, 3.8) is 0 Å². The average Bonchev–Trinajstić information content (AvgIpc) is 2.92. The summed E-state index contributed by atoms with van der Waals surface area (Å²) in [6.45, 7) is 33.6. The second kappa shape index (κ2) is 11.3. The quantitative estimate of drug-likeness (QED) is 0.263. The summed E-state index contributed by atoms with van der Waals surface area (Å²) < 4.78 is 13.8. The number of carboxylic acid groups (broad SMARTS) is 1. The first-order chi connectivity index (χ1) is 20.7. The van der Waals surface area contributed by atoms with Gasteiger partial charge in [-0.3, -0.25) is 4.79 Å². The number of rotatable bonds is 8. The van der Waals surface area contributed by atoms with E-state index >= 15 is 0 Å². The third kappa shape index (κ3) is 4.88. The highest BCUT2D eigenvalue weighted by Crippen LogP contribution is 2.75. The van der Waals surface area contributed by atoms with Gasteiger partial charge < -0.3 is 19.9 Å². The second-order valence-electron chi connectivity index (χ2n) is 19.4. The highest BCUT2D eigenvalue weighted by Gasteiger charge is 2.71. The number of carboxylic acids is 1. The fourth-order valence-corrected chi connectivity index (χ4v) is 12.6. The molecule has 1 aliphatic heterocycles. The molecule has 0 amide bonds. The Balaban J connectivity index is 1.51. The molecule has 4 aliphatic carbocycles. The lowest BCUT2D eigenvalue weighted by molar-refractivity contribution is -0.254. The molecule has 5 rings (SSSR count). The van der Waals surface area contributed by atoms with Crippen LogP contribution in [0.5, 0.6) is 0 Å². The van der Waals surface area contributed by atoms with Gasteiger partial charge in [0.05, 0.1) is 31.8 Å². The molecule has 0 spiro atoms. The lowest BCUT2D eigenvalue weighted by Gasteiger charge is -2.71. The van der Waals surface area contributed by atoms with E-state index < -0.39 is 5.97 Å². The van der Waals surface area contributed by atoms with E-state index in [2.05, 4.69) is 101 Å². The molecule has 2 bridgehead atoms. The van der Waals surface area contributed by atoms with Crippen LogP contribution in [0.2, 0.25) is 0 Å². The molecule has 0 aromatic rings. The van der Waals surface area contributed by atoms with Crippen molar-refractivity contribution in [2.75, 3.05) is 26.4 Å². The molecule has 1 heterocycles. The second-order valence-corrected chi connectivity index (χ2v) is 19.4. The number of hydrogen-bond donors (Lipinski definition) is 2. The van der Waals surface area contributed by atoms with E-state index in [1.54, 1.807) is 5.57 Å². The minimum atomic E-state index is -0.582. The van der Waals surface area contributed by atoms with E-state index in [1.807, 2.05) is 0 Å². The average molecular weight is 628 g/mol. The fraction of sp³-hybridized carbons (Fsp3) is 0.925. The molecule has 45 heavy (non-hydrogen) atoms. The number of likely N-dealkylation sites (N-methyl/N-ethyl adjacent to an activating group) is 1. The van der Waals surface area contributed by atoms with E-state index in [1.165, 1.54) is 6.42 Å². The highest BCUT2D eigenvalue weighted by atomic mass is 16.5. The van der Waals surface area contributed by atoms with Crippen molar-refractivity contribution in [1.29, 1.82) is 0 Å². The van der Waals surface area contributed by atoms with Crippen molar-refractivity contribution >= 4 is 5.97 Å². The zero-order valence-corrected chi connectivity index (χ0v) is 31.4. The Morgan fingerprint density at radius 1 is 1.07 bits per heavy atom. The van der Waals surface area contributed by atoms with Crippen LogP contribution in [0.3, 0.4) is 0 Å². The van der Waals surface area contributed by atoms with Gasteiger partial charge in [-0.25, -0.2) is 0 Å². The van der Waals surface area contributed by atoms with Crippen LogP contribution in [0, 0.1) is 68.0 Å². The third-order valence-corrected chi connectivity index (χ3v) is 16.1. The summed E-state index contributed by atoms with van der Waals surface area (Å²) in [6, 6.07) is 0. The van der Waals surface area contributed by atoms with Crippen LogP contribution in [-0.2, 0) is 14.3 Å². The normalized spacial score (nSPS) is 46.7. The van der Waals surface area contributed by atoms with Crippen molar-refractivity contribution in [2.24, 2.45) is 68.0 Å². The van der Waals surface area contributed by atoms with Crippen LogP contribution in [0.15, 0.2) is 11.6 Å². The molecule has 0 aromatic carbocycles. The maximum atomic E-state index is 13.4. The number of aliphatic carboxylic acids is 1. The van der Waals surface area contributed by atoms with Crippen molar-refractivity contribution < 1.29 is 19.4 Å². The van der Waals surface area contributed by atoms with Crippen LogP contribution in [0.4, 0.5) is 0 Å². The summed E-state index contributed by atoms with van der Waals surface area (Å²) >= 11 is 0. The van der Waals surface area contributed by atoms with Gasteiger partial charge >= 0.3 is 5.97 Å². The molecular formula is C40H69NO4. The van der Waals surface area contributed by atoms with Gasteiger partial charge in [0, 0.05) is 16.4 Å². The Bertz CT molecular complexity index is 1170. The van der Waals surface area contributed by atoms with Gasteiger partial charge in [0.25, 0.3) is 0 Å². The first-order valence-corrected chi connectivity index (χ1v) is 18.6. The van der Waals surface area contributed by atoms with Crippen LogP contribution in [-0.4, -0.2) is 49.1 Å². The zero-order valence-electron chi connectivity index (χ0n) is 31.4. The number of nitrogens with one attached hydrogen (secondary N) is 1. The minimum Gasteiger partial charge on any atom is -0.481 e. The summed E-state index contributed by atoms with van der Waals surface area (Å²) in [4.78, 5) is 13.4. The minimum absolute atomic E-state index is 0.0270. The number of hydrogen-bond acceptors (Lipinski definition) is 4. The van der Waals surface area contributed by atoms with Crippen molar-refractivity contribution in [2.45, 2.75) is 140 Å². The summed E-state index contributed by atoms with van der Waals surface area (Å²) in [5.41, 5.74) is 1.04. The molecule has 2 N–H and O–H groups in total. The molecule has 12 atom stereocenters. The maximum Gasteiger partial charge on any atom is 0.307 e. The van der Waals surface area contributed by atoms with Gasteiger partial charge in [0.2, 0.25) is 0 Å². The van der Waals surface area contributed by atoms with Crippen LogP contribution in [0.1, 0.15) is 129 Å². The predicted molar refractivity (Wildman–Crippen MR) is 184 cm³/mol. The van der Waals surface area contributed by atoms with Gasteiger partial charge in [-0.15, -0.1) is 0 Å². The number of fused-ring (bicyclic) bond motifs is 3. The van der Waals surface area contributed by atoms with Crippen molar-refractivity contribution in [1.82, 2.24) is 5.32 Å². The molecular weight excluding hydrogens is 558 g/mol. The first kappa shape index (κ1) is 35.4. The summed E-state index contributed by atoms with van der Waals surface area (Å²) in [6.07, 6.45) is 9.13. The molecule has 1 saturated heterocycles. The van der Waals surface area contributed by atoms with Crippen molar-refractivity contribution in [3.8, 4) is 0 Å². The van der Waals surface area contributed by atoms with E-state index in [4.69, 9.17) is 9.47 Å². The number of allylic oxidation sites excluding steroid dienone is 1. The van der Waals surface area contributed by atoms with Crippen LogP contribution in [0.25, 0.3) is 0 Å². The number of carbonyl (C=O) groups is 1. The van der Waals surface area contributed by atoms with Gasteiger partial charge in [-0.05, 0) is 103 Å². The third-order valence-electron chi connectivity index (χ3n) is 16.1.